The Morgan fingerprint density at radius 2 is 1.63 bits per heavy atom. The lowest BCUT2D eigenvalue weighted by molar-refractivity contribution is -0.383. The molecule has 35 heavy (non-hydrogen) atoms. The molecule has 1 aliphatic rings. The number of hydrogen-bond donors (Lipinski definition) is 1. The molecule has 14 heteroatoms. The molecule has 1 aliphatic heterocycles. The smallest absolute Gasteiger partial charge is 0.409 e. The van der Waals surface area contributed by atoms with Gasteiger partial charge in [-0.2, -0.15) is 0 Å². The summed E-state index contributed by atoms with van der Waals surface area (Å²) in [7, 11) is 2.37. The van der Waals surface area contributed by atoms with Crippen molar-refractivity contribution in [1.29, 1.82) is 0 Å². The van der Waals surface area contributed by atoms with Crippen LogP contribution < -0.4 is 10.2 Å². The molecule has 1 aromatic heterocycles. The Kier molecular flexibility index (Phi) is 7.96. The molecule has 1 fully saturated rings. The molecular formula is C21H24N6O8. The normalized spacial score (nSPS) is 13.1. The summed E-state index contributed by atoms with van der Waals surface area (Å²) in [6, 6.07) is 4.01. The van der Waals surface area contributed by atoms with Gasteiger partial charge in [0, 0.05) is 31.9 Å². The summed E-state index contributed by atoms with van der Waals surface area (Å²) in [6.07, 6.45) is 0.715. The number of methoxy groups -OCH3 is 2. The zero-order valence-corrected chi connectivity index (χ0v) is 19.3. The minimum absolute atomic E-state index is 0.0323. The van der Waals surface area contributed by atoms with Crippen LogP contribution in [0.15, 0.2) is 24.5 Å². The van der Waals surface area contributed by atoms with Gasteiger partial charge in [0.1, 0.15) is 6.33 Å². The average molecular weight is 488 g/mol. The Labute approximate surface area is 199 Å². The van der Waals surface area contributed by atoms with E-state index >= 15 is 0 Å². The molecule has 0 radical (unpaired) electrons. The predicted molar refractivity (Wildman–Crippen MR) is 122 cm³/mol. The number of anilines is 3. The van der Waals surface area contributed by atoms with Gasteiger partial charge >= 0.3 is 23.7 Å². The van der Waals surface area contributed by atoms with E-state index in [2.05, 4.69) is 15.3 Å². The SMILES string of the molecule is CCOC(=O)N1CCN(c2ncnc(Nc3cc(C(=O)OC)cc(C(=O)OC)c3)c2[N+](=O)[O-])CC1. The van der Waals surface area contributed by atoms with Gasteiger partial charge < -0.3 is 29.3 Å². The molecule has 0 unspecified atom stereocenters. The highest BCUT2D eigenvalue weighted by Crippen LogP contribution is 2.34. The van der Waals surface area contributed by atoms with E-state index < -0.39 is 28.6 Å². The van der Waals surface area contributed by atoms with Crippen LogP contribution in [-0.4, -0.2) is 84.8 Å². The summed E-state index contributed by atoms with van der Waals surface area (Å²) in [6.45, 7) is 3.14. The number of nitro groups is 1. The fourth-order valence-corrected chi connectivity index (χ4v) is 3.48. The molecule has 14 nitrogen and oxygen atoms in total. The van der Waals surface area contributed by atoms with Gasteiger partial charge in [0.05, 0.1) is 36.9 Å². The summed E-state index contributed by atoms with van der Waals surface area (Å²) in [4.78, 5) is 58.7. The van der Waals surface area contributed by atoms with Crippen molar-refractivity contribution in [1.82, 2.24) is 14.9 Å². The maximum Gasteiger partial charge on any atom is 0.409 e. The molecule has 3 rings (SSSR count). The molecule has 2 aromatic rings. The van der Waals surface area contributed by atoms with E-state index in [0.717, 1.165) is 6.33 Å². The van der Waals surface area contributed by atoms with Crippen LogP contribution in [0.2, 0.25) is 0 Å². The first-order valence-electron chi connectivity index (χ1n) is 10.5. The third kappa shape index (κ3) is 5.72. The van der Waals surface area contributed by atoms with Gasteiger partial charge in [-0.15, -0.1) is 0 Å². The van der Waals surface area contributed by atoms with E-state index in [0.29, 0.717) is 26.2 Å². The van der Waals surface area contributed by atoms with Gasteiger partial charge in [-0.1, -0.05) is 0 Å². The van der Waals surface area contributed by atoms with Crippen molar-refractivity contribution in [2.24, 2.45) is 0 Å². The number of aromatic nitrogens is 2. The first-order valence-corrected chi connectivity index (χ1v) is 10.5. The zero-order valence-electron chi connectivity index (χ0n) is 19.3. The monoisotopic (exact) mass is 488 g/mol. The van der Waals surface area contributed by atoms with E-state index in [-0.39, 0.29) is 35.1 Å². The largest absolute Gasteiger partial charge is 0.465 e. The first-order chi connectivity index (χ1) is 16.8. The number of nitrogens with one attached hydrogen (secondary N) is 1. The van der Waals surface area contributed by atoms with E-state index in [1.54, 1.807) is 11.8 Å². The molecule has 186 valence electrons. The number of amides is 1. The molecule has 0 bridgehead atoms. The number of esters is 2. The number of nitrogens with zero attached hydrogens (tertiary/aromatic N) is 5. The number of rotatable bonds is 7. The van der Waals surface area contributed by atoms with Crippen molar-refractivity contribution in [2.75, 3.05) is 57.2 Å². The molecule has 0 spiro atoms. The molecular weight excluding hydrogens is 464 g/mol. The fourth-order valence-electron chi connectivity index (χ4n) is 3.48. The Morgan fingerprint density at radius 3 is 2.14 bits per heavy atom. The number of hydrogen-bond acceptors (Lipinski definition) is 12. The van der Waals surface area contributed by atoms with Gasteiger partial charge in [0.25, 0.3) is 0 Å². The van der Waals surface area contributed by atoms with Crippen LogP contribution in [0.5, 0.6) is 0 Å². The van der Waals surface area contributed by atoms with E-state index in [9.17, 15) is 24.5 Å². The Hall–Kier alpha value is -4.49. The molecule has 1 aromatic carbocycles. The van der Waals surface area contributed by atoms with Gasteiger partial charge in [-0.25, -0.2) is 24.4 Å². The maximum atomic E-state index is 12.1. The van der Waals surface area contributed by atoms with E-state index in [1.807, 2.05) is 0 Å². The lowest BCUT2D eigenvalue weighted by atomic mass is 10.1. The molecule has 0 atom stereocenters. The molecule has 2 heterocycles. The van der Waals surface area contributed by atoms with Crippen molar-refractivity contribution in [3.8, 4) is 0 Å². The summed E-state index contributed by atoms with van der Waals surface area (Å²) in [5.41, 5.74) is -0.164. The zero-order chi connectivity index (χ0) is 25.5. The highest BCUT2D eigenvalue weighted by Gasteiger charge is 2.31. The van der Waals surface area contributed by atoms with Gasteiger partial charge in [0.15, 0.2) is 0 Å². The van der Waals surface area contributed by atoms with Crippen molar-refractivity contribution in [3.05, 3.63) is 45.8 Å². The minimum Gasteiger partial charge on any atom is -0.465 e. The van der Waals surface area contributed by atoms with Gasteiger partial charge in [-0.3, -0.25) is 10.1 Å². The van der Waals surface area contributed by atoms with Crippen molar-refractivity contribution in [2.45, 2.75) is 6.92 Å². The van der Waals surface area contributed by atoms with Crippen LogP contribution in [0.1, 0.15) is 27.6 Å². The van der Waals surface area contributed by atoms with Gasteiger partial charge in [-0.05, 0) is 25.1 Å². The molecule has 0 aliphatic carbocycles. The van der Waals surface area contributed by atoms with Crippen molar-refractivity contribution in [3.63, 3.8) is 0 Å². The summed E-state index contributed by atoms with van der Waals surface area (Å²) < 4.78 is 14.4. The second-order valence-corrected chi connectivity index (χ2v) is 7.23. The molecule has 1 saturated heterocycles. The number of carbonyl (C=O) groups excluding carboxylic acids is 3. The van der Waals surface area contributed by atoms with Crippen molar-refractivity contribution < 1.29 is 33.5 Å². The van der Waals surface area contributed by atoms with Crippen LogP contribution in [0, 0.1) is 10.1 Å². The second kappa shape index (κ2) is 11.1. The van der Waals surface area contributed by atoms with E-state index in [1.165, 1.54) is 37.3 Å². The van der Waals surface area contributed by atoms with Crippen molar-refractivity contribution >= 4 is 41.0 Å². The highest BCUT2D eigenvalue weighted by molar-refractivity contribution is 5.97. The summed E-state index contributed by atoms with van der Waals surface area (Å²) in [5, 5.41) is 14.8. The standard InChI is InChI=1S/C21H24N6O8/c1-4-35-21(30)26-7-5-25(6-8-26)18-16(27(31)32)17(22-12-23-18)24-15-10-13(19(28)33-2)9-14(11-15)20(29)34-3/h9-12H,4-8H2,1-3H3,(H,22,23,24). The van der Waals surface area contributed by atoms with E-state index in [4.69, 9.17) is 14.2 Å². The first kappa shape index (κ1) is 25.1. The third-order valence-corrected chi connectivity index (χ3v) is 5.13. The summed E-state index contributed by atoms with van der Waals surface area (Å²) in [5.74, 6) is -1.51. The predicted octanol–water partition coefficient (Wildman–Crippen LogP) is 1.98. The summed E-state index contributed by atoms with van der Waals surface area (Å²) >= 11 is 0. The van der Waals surface area contributed by atoms with Crippen LogP contribution in [0.25, 0.3) is 0 Å². The number of carbonyl (C=O) groups is 3. The lowest BCUT2D eigenvalue weighted by Crippen LogP contribution is -2.49. The quantitative estimate of drug-likeness (QED) is 0.261. The lowest BCUT2D eigenvalue weighted by Gasteiger charge is -2.34. The Morgan fingerprint density at radius 1 is 1.03 bits per heavy atom. The van der Waals surface area contributed by atoms with Crippen LogP contribution in [-0.2, 0) is 14.2 Å². The minimum atomic E-state index is -0.712. The third-order valence-electron chi connectivity index (χ3n) is 5.13. The topological polar surface area (TPSA) is 166 Å². The maximum absolute atomic E-state index is 12.1. The number of piperazine rings is 1. The van der Waals surface area contributed by atoms with Crippen LogP contribution in [0.3, 0.4) is 0 Å². The Balaban J connectivity index is 1.93. The molecule has 1 N–H and O–H groups in total. The highest BCUT2D eigenvalue weighted by atomic mass is 16.6. The average Bonchev–Trinajstić information content (AvgIpc) is 2.87. The number of ether oxygens (including phenoxy) is 3. The van der Waals surface area contributed by atoms with Crippen LogP contribution >= 0.6 is 0 Å². The fraction of sp³-hybridized carbons (Fsp3) is 0.381. The molecule has 1 amide bonds. The Bertz CT molecular complexity index is 1100. The number of benzene rings is 1. The second-order valence-electron chi connectivity index (χ2n) is 7.23. The van der Waals surface area contributed by atoms with Crippen LogP contribution in [0.4, 0.5) is 27.8 Å². The molecule has 0 saturated carbocycles. The van der Waals surface area contributed by atoms with Gasteiger partial charge in [0.2, 0.25) is 11.6 Å².